The van der Waals surface area contributed by atoms with Crippen molar-refractivity contribution in [3.63, 3.8) is 0 Å². The summed E-state index contributed by atoms with van der Waals surface area (Å²) in [4.78, 5) is 15.8. The predicted octanol–water partition coefficient (Wildman–Crippen LogP) is 13.2. The molecule has 0 radical (unpaired) electrons. The second-order valence-electron chi connectivity index (χ2n) is 14.0. The number of hydrogen-bond donors (Lipinski definition) is 0. The molecule has 0 atom stereocenters. The summed E-state index contributed by atoms with van der Waals surface area (Å²) in [6, 6.07) is 67.4. The summed E-state index contributed by atoms with van der Waals surface area (Å²) in [6.07, 6.45) is 0. The molecule has 0 amide bonds. The minimum atomic E-state index is 0.555. The number of hydrogen-bond acceptors (Lipinski definition) is 4. The van der Waals surface area contributed by atoms with Gasteiger partial charge in [-0.05, 0) is 69.8 Å². The number of furan rings is 1. The number of nitrogens with zero attached hydrogens (tertiary/aromatic N) is 4. The molecule has 56 heavy (non-hydrogen) atoms. The summed E-state index contributed by atoms with van der Waals surface area (Å²) in [6.45, 7) is 0. The van der Waals surface area contributed by atoms with Gasteiger partial charge in [0.25, 0.3) is 0 Å². The molecule has 0 unspecified atom stereocenters. The molecule has 0 N–H and O–H groups in total. The lowest BCUT2D eigenvalue weighted by Gasteiger charge is -2.13. The molecule has 0 bridgehead atoms. The Hall–Kier alpha value is -7.63. The molecule has 11 rings (SSSR count). The monoisotopic (exact) mass is 716 g/mol. The van der Waals surface area contributed by atoms with Crippen molar-refractivity contribution in [2.24, 2.45) is 0 Å². The number of aromatic nitrogens is 4. The molecule has 5 heteroatoms. The Balaban J connectivity index is 1.15. The molecular weight excluding hydrogens is 685 g/mol. The number of rotatable bonds is 6. The van der Waals surface area contributed by atoms with Crippen molar-refractivity contribution in [1.29, 1.82) is 0 Å². The van der Waals surface area contributed by atoms with Crippen LogP contribution in [0.4, 0.5) is 0 Å². The number of benzene rings is 8. The van der Waals surface area contributed by atoms with Crippen LogP contribution in [-0.4, -0.2) is 19.5 Å². The van der Waals surface area contributed by atoms with Crippen LogP contribution in [0, 0.1) is 0 Å². The largest absolute Gasteiger partial charge is 0.456 e. The lowest BCUT2D eigenvalue weighted by molar-refractivity contribution is 0.669. The molecular formula is C51H32N4O. The highest BCUT2D eigenvalue weighted by molar-refractivity contribution is 6.13. The molecule has 262 valence electrons. The van der Waals surface area contributed by atoms with Gasteiger partial charge in [-0.2, -0.15) is 9.97 Å². The van der Waals surface area contributed by atoms with Gasteiger partial charge in [0, 0.05) is 32.7 Å². The third-order valence-electron chi connectivity index (χ3n) is 10.7. The molecule has 0 spiro atoms. The summed E-state index contributed by atoms with van der Waals surface area (Å²) in [7, 11) is 0. The van der Waals surface area contributed by atoms with Gasteiger partial charge in [-0.1, -0.05) is 158 Å². The van der Waals surface area contributed by atoms with Crippen LogP contribution in [0.5, 0.6) is 0 Å². The standard InChI is InChI=1S/C51H32N4O/c1-3-14-33(15-4-1)35-18-11-20-38(30-35)49-52-50(39-21-12-19-37(31-39)40-24-13-27-47-48(40)43-23-8-10-26-46(43)56-47)54-51(53-49)55-44-25-9-7-22-41(44)42-29-28-36(32-45(42)55)34-16-5-2-6-17-34/h1-32H. The van der Waals surface area contributed by atoms with Crippen molar-refractivity contribution in [2.45, 2.75) is 0 Å². The van der Waals surface area contributed by atoms with Crippen LogP contribution in [0.3, 0.4) is 0 Å². The fourth-order valence-corrected chi connectivity index (χ4v) is 8.03. The molecule has 3 aromatic heterocycles. The van der Waals surface area contributed by atoms with Crippen LogP contribution in [0.2, 0.25) is 0 Å². The zero-order chi connectivity index (χ0) is 37.0. The van der Waals surface area contributed by atoms with Gasteiger partial charge in [-0.15, -0.1) is 0 Å². The molecule has 8 aromatic carbocycles. The summed E-state index contributed by atoms with van der Waals surface area (Å²) in [5.41, 5.74) is 12.2. The third kappa shape index (κ3) is 5.37. The molecule has 5 nitrogen and oxygen atoms in total. The van der Waals surface area contributed by atoms with Gasteiger partial charge in [0.2, 0.25) is 5.95 Å². The lowest BCUT2D eigenvalue weighted by Crippen LogP contribution is -2.06. The molecule has 0 aliphatic heterocycles. The van der Waals surface area contributed by atoms with Gasteiger partial charge >= 0.3 is 0 Å². The van der Waals surface area contributed by atoms with E-state index in [9.17, 15) is 0 Å². The second kappa shape index (κ2) is 13.0. The second-order valence-corrected chi connectivity index (χ2v) is 14.0. The Morgan fingerprint density at radius 1 is 0.339 bits per heavy atom. The number of para-hydroxylation sites is 2. The van der Waals surface area contributed by atoms with E-state index >= 15 is 0 Å². The van der Waals surface area contributed by atoms with Gasteiger partial charge in [-0.25, -0.2) is 4.98 Å². The average molecular weight is 717 g/mol. The van der Waals surface area contributed by atoms with E-state index in [1.54, 1.807) is 0 Å². The van der Waals surface area contributed by atoms with Gasteiger partial charge in [0.1, 0.15) is 11.2 Å². The van der Waals surface area contributed by atoms with E-state index in [2.05, 4.69) is 168 Å². The van der Waals surface area contributed by atoms with Crippen LogP contribution in [-0.2, 0) is 0 Å². The highest BCUT2D eigenvalue weighted by Crippen LogP contribution is 2.39. The first-order valence-corrected chi connectivity index (χ1v) is 18.8. The van der Waals surface area contributed by atoms with Crippen LogP contribution < -0.4 is 0 Å². The Kier molecular flexibility index (Phi) is 7.42. The normalized spacial score (nSPS) is 11.6. The van der Waals surface area contributed by atoms with Crippen LogP contribution in [0.1, 0.15) is 0 Å². The molecule has 0 saturated heterocycles. The molecule has 0 aliphatic rings. The maximum Gasteiger partial charge on any atom is 0.238 e. The molecule has 3 heterocycles. The van der Waals surface area contributed by atoms with Crippen molar-refractivity contribution in [3.8, 4) is 62.1 Å². The summed E-state index contributed by atoms with van der Waals surface area (Å²) >= 11 is 0. The van der Waals surface area contributed by atoms with Crippen LogP contribution in [0.25, 0.3) is 106 Å². The van der Waals surface area contributed by atoms with Crippen LogP contribution in [0.15, 0.2) is 199 Å². The Labute approximate surface area is 322 Å². The highest BCUT2D eigenvalue weighted by atomic mass is 16.3. The van der Waals surface area contributed by atoms with E-state index in [0.29, 0.717) is 17.6 Å². The fraction of sp³-hybridized carbons (Fsp3) is 0. The van der Waals surface area contributed by atoms with E-state index in [1.165, 1.54) is 0 Å². The maximum absolute atomic E-state index is 6.26. The number of fused-ring (bicyclic) bond motifs is 6. The Bertz CT molecular complexity index is 3250. The quantitative estimate of drug-likeness (QED) is 0.172. The topological polar surface area (TPSA) is 56.7 Å². The first kappa shape index (κ1) is 31.9. The Morgan fingerprint density at radius 2 is 0.875 bits per heavy atom. The highest BCUT2D eigenvalue weighted by Gasteiger charge is 2.20. The first-order chi connectivity index (χ1) is 27.7. The summed E-state index contributed by atoms with van der Waals surface area (Å²) in [5.74, 6) is 1.74. The fourth-order valence-electron chi connectivity index (χ4n) is 8.03. The molecule has 0 fully saturated rings. The third-order valence-corrected chi connectivity index (χ3v) is 10.7. The van der Waals surface area contributed by atoms with Crippen molar-refractivity contribution < 1.29 is 4.42 Å². The average Bonchev–Trinajstić information content (AvgIpc) is 3.83. The molecule has 11 aromatic rings. The molecule has 0 saturated carbocycles. The van der Waals surface area contributed by atoms with E-state index < -0.39 is 0 Å². The zero-order valence-electron chi connectivity index (χ0n) is 30.2. The first-order valence-electron chi connectivity index (χ1n) is 18.8. The zero-order valence-corrected chi connectivity index (χ0v) is 30.2. The van der Waals surface area contributed by atoms with E-state index in [1.807, 2.05) is 30.3 Å². The summed E-state index contributed by atoms with van der Waals surface area (Å²) in [5, 5.41) is 4.46. The molecule has 0 aliphatic carbocycles. The van der Waals surface area contributed by atoms with Gasteiger partial charge in [0.05, 0.1) is 11.0 Å². The van der Waals surface area contributed by atoms with Gasteiger partial charge < -0.3 is 4.42 Å². The minimum Gasteiger partial charge on any atom is -0.456 e. The smallest absolute Gasteiger partial charge is 0.238 e. The van der Waals surface area contributed by atoms with Gasteiger partial charge in [0.15, 0.2) is 11.6 Å². The van der Waals surface area contributed by atoms with Gasteiger partial charge in [-0.3, -0.25) is 4.57 Å². The SMILES string of the molecule is c1ccc(-c2cccc(-c3nc(-c4cccc(-c5cccc6oc7ccccc7c56)c4)nc(-n4c5ccccc5c5ccc(-c6ccccc6)cc54)n3)c2)cc1. The minimum absolute atomic E-state index is 0.555. The van der Waals surface area contributed by atoms with Crippen molar-refractivity contribution in [3.05, 3.63) is 194 Å². The predicted molar refractivity (Wildman–Crippen MR) is 229 cm³/mol. The van der Waals surface area contributed by atoms with Crippen molar-refractivity contribution >= 4 is 43.7 Å². The maximum atomic E-state index is 6.26. The summed E-state index contributed by atoms with van der Waals surface area (Å²) < 4.78 is 8.45. The van der Waals surface area contributed by atoms with Crippen LogP contribution >= 0.6 is 0 Å². The van der Waals surface area contributed by atoms with E-state index in [0.717, 1.165) is 88.3 Å². The lowest BCUT2D eigenvalue weighted by atomic mass is 9.98. The Morgan fingerprint density at radius 3 is 1.62 bits per heavy atom. The van der Waals surface area contributed by atoms with E-state index in [-0.39, 0.29) is 0 Å². The van der Waals surface area contributed by atoms with E-state index in [4.69, 9.17) is 19.4 Å². The van der Waals surface area contributed by atoms with Crippen molar-refractivity contribution in [1.82, 2.24) is 19.5 Å². The van der Waals surface area contributed by atoms with Crippen molar-refractivity contribution in [2.75, 3.05) is 0 Å².